The summed E-state index contributed by atoms with van der Waals surface area (Å²) in [6.07, 6.45) is 4.47. The molecule has 2 aliphatic heterocycles. The second-order valence-corrected chi connectivity index (χ2v) is 7.40. The highest BCUT2D eigenvalue weighted by atomic mass is 35.5. The zero-order valence-electron chi connectivity index (χ0n) is 15.3. The van der Waals surface area contributed by atoms with Gasteiger partial charge in [-0.05, 0) is 44.3 Å². The molecule has 1 N–H and O–H groups in total. The Morgan fingerprint density at radius 1 is 1.26 bits per heavy atom. The molecule has 0 bridgehead atoms. The van der Waals surface area contributed by atoms with Crippen LogP contribution in [0, 0.1) is 11.7 Å². The maximum atomic E-state index is 14.3. The Balaban J connectivity index is 0.00000210. The molecule has 1 aromatic carbocycles. The van der Waals surface area contributed by atoms with Crippen molar-refractivity contribution in [1.82, 2.24) is 25.2 Å². The van der Waals surface area contributed by atoms with E-state index in [9.17, 15) is 9.18 Å². The summed E-state index contributed by atoms with van der Waals surface area (Å²) >= 11 is 0. The summed E-state index contributed by atoms with van der Waals surface area (Å²) in [5.74, 6) is -0.103. The van der Waals surface area contributed by atoms with Gasteiger partial charge in [0.2, 0.25) is 0 Å². The number of carbonyl (C=O) groups excluding carboxylic acids is 1. The smallest absolute Gasteiger partial charge is 0.276 e. The monoisotopic (exact) mass is 393 g/mol. The fourth-order valence-electron chi connectivity index (χ4n) is 4.08. The predicted octanol–water partition coefficient (Wildman–Crippen LogP) is 2.99. The van der Waals surface area contributed by atoms with E-state index in [4.69, 9.17) is 0 Å². The first-order chi connectivity index (χ1) is 12.6. The fraction of sp³-hybridized carbons (Fsp3) is 0.526. The first kappa shape index (κ1) is 19.8. The molecule has 2 aromatic rings. The number of hydrogen-bond donors (Lipinski definition) is 1. The average molecular weight is 394 g/mol. The normalized spacial score (nSPS) is 23.3. The number of likely N-dealkylation sites (tertiary alicyclic amines) is 1. The molecule has 27 heavy (non-hydrogen) atoms. The van der Waals surface area contributed by atoms with Crippen molar-refractivity contribution in [3.63, 3.8) is 0 Å². The summed E-state index contributed by atoms with van der Waals surface area (Å²) in [5.41, 5.74) is 0.926. The number of benzene rings is 1. The van der Waals surface area contributed by atoms with Gasteiger partial charge in [-0.3, -0.25) is 4.79 Å². The van der Waals surface area contributed by atoms with Crippen molar-refractivity contribution in [1.29, 1.82) is 0 Å². The summed E-state index contributed by atoms with van der Waals surface area (Å²) in [5, 5.41) is 11.6. The lowest BCUT2D eigenvalue weighted by molar-refractivity contribution is 0.0724. The molecule has 146 valence electrons. The highest BCUT2D eigenvalue weighted by molar-refractivity contribution is 5.92. The molecule has 8 heteroatoms. The highest BCUT2D eigenvalue weighted by Gasteiger charge is 2.37. The van der Waals surface area contributed by atoms with Gasteiger partial charge in [-0.25, -0.2) is 9.07 Å². The standard InChI is InChI=1S/C19H24FN5O.ClH/c1-13-10-18(15-4-2-3-5-16(15)20)24(11-13)19(26)17-12-25(23-22-17)14-6-8-21-9-7-14;/h2-5,12-14,18,21H,6-11H2,1H3;1H. The van der Waals surface area contributed by atoms with Crippen LogP contribution >= 0.6 is 12.4 Å². The molecule has 2 aliphatic rings. The summed E-state index contributed by atoms with van der Waals surface area (Å²) in [7, 11) is 0. The molecule has 2 atom stereocenters. The third-order valence-corrected chi connectivity index (χ3v) is 5.45. The van der Waals surface area contributed by atoms with Crippen LogP contribution < -0.4 is 5.32 Å². The highest BCUT2D eigenvalue weighted by Crippen LogP contribution is 2.37. The average Bonchev–Trinajstić information content (AvgIpc) is 3.29. The van der Waals surface area contributed by atoms with Gasteiger partial charge in [0.1, 0.15) is 5.82 Å². The number of carbonyl (C=O) groups is 1. The Kier molecular flexibility index (Phi) is 6.11. The van der Waals surface area contributed by atoms with E-state index < -0.39 is 0 Å². The maximum Gasteiger partial charge on any atom is 0.276 e. The van der Waals surface area contributed by atoms with E-state index >= 15 is 0 Å². The Labute approximate surface area is 164 Å². The summed E-state index contributed by atoms with van der Waals surface area (Å²) in [6.45, 7) is 4.60. The van der Waals surface area contributed by atoms with Gasteiger partial charge in [-0.1, -0.05) is 30.3 Å². The first-order valence-corrected chi connectivity index (χ1v) is 9.31. The number of aromatic nitrogens is 3. The van der Waals surface area contributed by atoms with Crippen LogP contribution in [0.15, 0.2) is 30.5 Å². The van der Waals surface area contributed by atoms with Crippen LogP contribution in [0.5, 0.6) is 0 Å². The second-order valence-electron chi connectivity index (χ2n) is 7.40. The van der Waals surface area contributed by atoms with Crippen molar-refractivity contribution in [2.24, 2.45) is 5.92 Å². The molecule has 6 nitrogen and oxygen atoms in total. The molecule has 1 amide bonds. The number of nitrogens with zero attached hydrogens (tertiary/aromatic N) is 4. The number of amides is 1. The minimum absolute atomic E-state index is 0. The molecule has 2 saturated heterocycles. The van der Waals surface area contributed by atoms with Crippen LogP contribution in [0.4, 0.5) is 4.39 Å². The SMILES string of the molecule is CC1CC(c2ccccc2F)N(C(=O)c2cn(C3CCNCC3)nn2)C1.Cl. The van der Waals surface area contributed by atoms with Crippen LogP contribution in [0.3, 0.4) is 0 Å². The minimum Gasteiger partial charge on any atom is -0.330 e. The van der Waals surface area contributed by atoms with Crippen molar-refractivity contribution in [3.05, 3.63) is 47.5 Å². The predicted molar refractivity (Wildman–Crippen MR) is 102 cm³/mol. The molecular formula is C19H25ClFN5O. The van der Waals surface area contributed by atoms with Crippen molar-refractivity contribution >= 4 is 18.3 Å². The van der Waals surface area contributed by atoms with E-state index in [1.54, 1.807) is 23.2 Å². The summed E-state index contributed by atoms with van der Waals surface area (Å²) in [6, 6.07) is 6.75. The molecular weight excluding hydrogens is 369 g/mol. The van der Waals surface area contributed by atoms with Crippen LogP contribution in [-0.4, -0.2) is 45.4 Å². The molecule has 0 saturated carbocycles. The van der Waals surface area contributed by atoms with Crippen LogP contribution in [0.2, 0.25) is 0 Å². The van der Waals surface area contributed by atoms with E-state index in [-0.39, 0.29) is 36.2 Å². The zero-order chi connectivity index (χ0) is 18.1. The Bertz CT molecular complexity index is 792. The fourth-order valence-corrected chi connectivity index (χ4v) is 4.08. The van der Waals surface area contributed by atoms with Crippen molar-refractivity contribution < 1.29 is 9.18 Å². The number of piperidine rings is 1. The number of halogens is 2. The topological polar surface area (TPSA) is 63.1 Å². The van der Waals surface area contributed by atoms with Crippen molar-refractivity contribution in [2.45, 2.75) is 38.3 Å². The van der Waals surface area contributed by atoms with E-state index in [2.05, 4.69) is 22.6 Å². The number of hydrogen-bond acceptors (Lipinski definition) is 4. The zero-order valence-corrected chi connectivity index (χ0v) is 16.2. The van der Waals surface area contributed by atoms with Crippen molar-refractivity contribution in [2.75, 3.05) is 19.6 Å². The lowest BCUT2D eigenvalue weighted by Gasteiger charge is -2.24. The summed E-state index contributed by atoms with van der Waals surface area (Å²) < 4.78 is 16.1. The van der Waals surface area contributed by atoms with Crippen LogP contribution in [-0.2, 0) is 0 Å². The van der Waals surface area contributed by atoms with E-state index in [0.717, 1.165) is 32.4 Å². The van der Waals surface area contributed by atoms with Gasteiger partial charge in [-0.2, -0.15) is 0 Å². The van der Waals surface area contributed by atoms with Gasteiger partial charge >= 0.3 is 0 Å². The largest absolute Gasteiger partial charge is 0.330 e. The van der Waals surface area contributed by atoms with Crippen LogP contribution in [0.25, 0.3) is 0 Å². The number of nitrogens with one attached hydrogen (secondary N) is 1. The maximum absolute atomic E-state index is 14.3. The van der Waals surface area contributed by atoms with E-state index in [0.29, 0.717) is 23.7 Å². The van der Waals surface area contributed by atoms with Gasteiger partial charge in [0, 0.05) is 12.1 Å². The van der Waals surface area contributed by atoms with Gasteiger partial charge in [-0.15, -0.1) is 17.5 Å². The molecule has 2 fully saturated rings. The lowest BCUT2D eigenvalue weighted by Crippen LogP contribution is -2.32. The lowest BCUT2D eigenvalue weighted by atomic mass is 10.0. The third kappa shape index (κ3) is 3.99. The Morgan fingerprint density at radius 2 is 2.00 bits per heavy atom. The molecule has 0 spiro atoms. The van der Waals surface area contributed by atoms with Gasteiger partial charge in [0.25, 0.3) is 5.91 Å². The van der Waals surface area contributed by atoms with Gasteiger partial charge in [0.05, 0.1) is 18.3 Å². The van der Waals surface area contributed by atoms with Crippen LogP contribution in [0.1, 0.15) is 54.3 Å². The second kappa shape index (κ2) is 8.35. The van der Waals surface area contributed by atoms with Crippen molar-refractivity contribution in [3.8, 4) is 0 Å². The molecule has 3 heterocycles. The molecule has 1 aromatic heterocycles. The quantitative estimate of drug-likeness (QED) is 0.870. The molecule has 0 aliphatic carbocycles. The van der Waals surface area contributed by atoms with Gasteiger partial charge in [0.15, 0.2) is 5.69 Å². The van der Waals surface area contributed by atoms with E-state index in [1.165, 1.54) is 6.07 Å². The third-order valence-electron chi connectivity index (χ3n) is 5.45. The summed E-state index contributed by atoms with van der Waals surface area (Å²) in [4.78, 5) is 14.8. The molecule has 2 unspecified atom stereocenters. The molecule has 4 rings (SSSR count). The number of rotatable bonds is 3. The first-order valence-electron chi connectivity index (χ1n) is 9.31. The Morgan fingerprint density at radius 3 is 2.74 bits per heavy atom. The van der Waals surface area contributed by atoms with E-state index in [1.807, 2.05) is 10.7 Å². The minimum atomic E-state index is -0.261. The molecule has 0 radical (unpaired) electrons. The Hall–Kier alpha value is -1.99. The van der Waals surface area contributed by atoms with Gasteiger partial charge < -0.3 is 10.2 Å².